The number of hydrogen-bond acceptors (Lipinski definition) is 0. The van der Waals surface area contributed by atoms with Crippen LogP contribution in [-0.2, 0) is 13.2 Å². The highest BCUT2D eigenvalue weighted by Crippen LogP contribution is 2.35. The zero-order chi connectivity index (χ0) is 19.0. The van der Waals surface area contributed by atoms with Crippen LogP contribution >= 0.6 is 0 Å². The first-order valence-electron chi connectivity index (χ1n) is 8.46. The summed E-state index contributed by atoms with van der Waals surface area (Å²) in [5.41, 5.74) is -1.53. The highest BCUT2D eigenvalue weighted by Gasteiger charge is 2.30. The third-order valence-electron chi connectivity index (χ3n) is 2.91. The Labute approximate surface area is 116 Å². The molecule has 98 valence electrons. The van der Waals surface area contributed by atoms with E-state index in [1.165, 1.54) is 18.5 Å². The molecule has 0 aliphatic rings. The van der Waals surface area contributed by atoms with Gasteiger partial charge in [-0.3, -0.25) is 0 Å². The van der Waals surface area contributed by atoms with Crippen molar-refractivity contribution in [2.75, 3.05) is 0 Å². The average Bonchev–Trinajstić information content (AvgIpc) is 2.81. The molecule has 3 aromatic rings. The first kappa shape index (κ1) is 6.98. The molecule has 4 heteroatoms. The lowest BCUT2D eigenvalue weighted by atomic mass is 10.1. The minimum Gasteiger partial charge on any atom is -0.344 e. The Morgan fingerprint density at radius 3 is 2.21 bits per heavy atom. The first-order valence-corrected chi connectivity index (χ1v) is 5.46. The Morgan fingerprint density at radius 1 is 1.00 bits per heavy atom. The van der Waals surface area contributed by atoms with Gasteiger partial charge in [0, 0.05) is 28.9 Å². The molecule has 1 aromatic heterocycles. The zero-order valence-electron chi connectivity index (χ0n) is 16.1. The van der Waals surface area contributed by atoms with Gasteiger partial charge in [-0.1, -0.05) is 11.6 Å². The summed E-state index contributed by atoms with van der Waals surface area (Å²) in [6, 6.07) is -3.60. The third kappa shape index (κ3) is 1.79. The van der Waals surface area contributed by atoms with Crippen LogP contribution in [0, 0.1) is 6.92 Å². The second-order valence-electron chi connectivity index (χ2n) is 4.25. The lowest BCUT2D eigenvalue weighted by Crippen LogP contribution is -2.04. The number of hydrogen-bond donors (Lipinski definition) is 0. The number of alkyl halides is 3. The first-order chi connectivity index (χ1) is 11.4. The van der Waals surface area contributed by atoms with Crippen molar-refractivity contribution in [1.29, 1.82) is 0 Å². The number of benzene rings is 2. The smallest absolute Gasteiger partial charge is 0.344 e. The van der Waals surface area contributed by atoms with Crippen molar-refractivity contribution in [3.63, 3.8) is 0 Å². The van der Waals surface area contributed by atoms with Crippen LogP contribution in [0.15, 0.2) is 36.3 Å². The molecule has 0 atom stereocenters. The van der Waals surface area contributed by atoms with Crippen molar-refractivity contribution >= 4 is 21.8 Å². The van der Waals surface area contributed by atoms with Gasteiger partial charge in [-0.25, -0.2) is 0 Å². The maximum atomic E-state index is 13.3. The SMILES string of the molecule is [2H]c1c(C)c([2H])c2c3c([2H])c(C(F)(F)F)c([2H])c([2H])c3n(C)c2c1[2H]. The van der Waals surface area contributed by atoms with E-state index in [1.54, 1.807) is 0 Å². The highest BCUT2D eigenvalue weighted by atomic mass is 19.4. The van der Waals surface area contributed by atoms with Gasteiger partial charge < -0.3 is 4.57 Å². The minimum absolute atomic E-state index is 0.0105. The molecule has 1 heterocycles. The Hall–Kier alpha value is -1.97. The molecule has 0 unspecified atom stereocenters. The molecule has 0 saturated heterocycles. The number of aryl methyl sites for hydroxylation is 1. The summed E-state index contributed by atoms with van der Waals surface area (Å²) in [5.74, 6) is 0. The fourth-order valence-electron chi connectivity index (χ4n) is 2.01. The predicted molar refractivity (Wildman–Crippen MR) is 70.2 cm³/mol. The van der Waals surface area contributed by atoms with Gasteiger partial charge in [0.05, 0.1) is 13.8 Å². The fraction of sp³-hybridized carbons (Fsp3) is 0.200. The van der Waals surface area contributed by atoms with Gasteiger partial charge in [0.2, 0.25) is 0 Å². The molecule has 0 N–H and O–H groups in total. The van der Waals surface area contributed by atoms with Gasteiger partial charge in [0.1, 0.15) is 0 Å². The molecule has 19 heavy (non-hydrogen) atoms. The zero-order valence-corrected chi connectivity index (χ0v) is 10.1. The summed E-state index contributed by atoms with van der Waals surface area (Å²) in [7, 11) is 1.39. The molecule has 1 nitrogen and oxygen atoms in total. The van der Waals surface area contributed by atoms with E-state index in [4.69, 9.17) is 8.22 Å². The maximum absolute atomic E-state index is 13.3. The average molecular weight is 269 g/mol. The second-order valence-corrected chi connectivity index (χ2v) is 4.25. The Balaban J connectivity index is 2.77. The molecular weight excluding hydrogens is 251 g/mol. The van der Waals surface area contributed by atoms with E-state index < -0.39 is 29.9 Å². The largest absolute Gasteiger partial charge is 0.416 e. The molecule has 3 rings (SSSR count). The molecule has 0 aliphatic carbocycles. The molecular formula is C15H12F3N. The predicted octanol–water partition coefficient (Wildman–Crippen LogP) is 4.66. The summed E-state index contributed by atoms with van der Waals surface area (Å²) in [6.45, 7) is 1.41. The van der Waals surface area contributed by atoms with Crippen LogP contribution in [0.25, 0.3) is 21.8 Å². The summed E-state index contributed by atoms with van der Waals surface area (Å²) >= 11 is 0. The van der Waals surface area contributed by atoms with Crippen LogP contribution < -0.4 is 0 Å². The van der Waals surface area contributed by atoms with E-state index in [0.29, 0.717) is 0 Å². The molecule has 2 aromatic carbocycles. The number of halogens is 3. The second kappa shape index (κ2) is 3.76. The fourth-order valence-corrected chi connectivity index (χ4v) is 2.01. The van der Waals surface area contributed by atoms with Gasteiger partial charge in [-0.2, -0.15) is 13.2 Å². The van der Waals surface area contributed by atoms with Gasteiger partial charge in [-0.05, 0) is 37.1 Å². The summed E-state index contributed by atoms with van der Waals surface area (Å²) in [4.78, 5) is 0. The normalized spacial score (nSPS) is 16.9. The van der Waals surface area contributed by atoms with Crippen LogP contribution in [-0.4, -0.2) is 4.57 Å². The number of rotatable bonds is 0. The van der Waals surface area contributed by atoms with Crippen LogP contribution in [0.3, 0.4) is 0 Å². The Morgan fingerprint density at radius 2 is 1.58 bits per heavy atom. The van der Waals surface area contributed by atoms with Gasteiger partial charge in [0.15, 0.2) is 0 Å². The van der Waals surface area contributed by atoms with Crippen molar-refractivity contribution in [1.82, 2.24) is 4.57 Å². The lowest BCUT2D eigenvalue weighted by molar-refractivity contribution is -0.137. The Bertz CT molecular complexity index is 1070. The molecule has 0 fully saturated rings. The van der Waals surface area contributed by atoms with Crippen molar-refractivity contribution in [2.45, 2.75) is 13.1 Å². The summed E-state index contributed by atoms with van der Waals surface area (Å²) in [6.07, 6.45) is -4.99. The number of fused-ring (bicyclic) bond motifs is 3. The van der Waals surface area contributed by atoms with Gasteiger partial charge in [0.25, 0.3) is 0 Å². The number of aromatic nitrogens is 1. The highest BCUT2D eigenvalue weighted by molar-refractivity contribution is 6.08. The molecule has 0 bridgehead atoms. The quantitative estimate of drug-likeness (QED) is 0.559. The van der Waals surface area contributed by atoms with Crippen LogP contribution in [0.5, 0.6) is 0 Å². The van der Waals surface area contributed by atoms with E-state index >= 15 is 0 Å². The molecule has 0 radical (unpaired) electrons. The van der Waals surface area contributed by atoms with E-state index in [0.717, 1.165) is 0 Å². The standard InChI is InChI=1S/C15H12F3N/c1-9-3-5-13-11(7-9)12-8-10(15(16,17)18)4-6-14(12)19(13)2/h3-8H,1-2H3/i3D,4D,5D,6D,7D,8D. The van der Waals surface area contributed by atoms with Crippen LogP contribution in [0.2, 0.25) is 0 Å². The lowest BCUT2D eigenvalue weighted by Gasteiger charge is -2.06. The number of nitrogens with zero attached hydrogens (tertiary/aromatic N) is 1. The van der Waals surface area contributed by atoms with E-state index in [1.807, 2.05) is 0 Å². The third-order valence-corrected chi connectivity index (χ3v) is 2.91. The van der Waals surface area contributed by atoms with Gasteiger partial charge in [-0.15, -0.1) is 0 Å². The van der Waals surface area contributed by atoms with Crippen molar-refractivity contribution in [3.05, 3.63) is 47.4 Å². The minimum atomic E-state index is -4.99. The Kier molecular flexibility index (Phi) is 1.38. The summed E-state index contributed by atoms with van der Waals surface area (Å²) in [5, 5.41) is -0.354. The van der Waals surface area contributed by atoms with E-state index in [9.17, 15) is 13.2 Å². The summed E-state index contributed by atoms with van der Waals surface area (Å²) < 4.78 is 88.9. The van der Waals surface area contributed by atoms with Gasteiger partial charge >= 0.3 is 6.18 Å². The van der Waals surface area contributed by atoms with Crippen molar-refractivity contribution in [2.24, 2.45) is 7.05 Å². The van der Waals surface area contributed by atoms with Crippen LogP contribution in [0.4, 0.5) is 13.2 Å². The van der Waals surface area contributed by atoms with E-state index in [-0.39, 0.29) is 45.5 Å². The van der Waals surface area contributed by atoms with Crippen molar-refractivity contribution in [3.8, 4) is 0 Å². The molecule has 0 saturated carbocycles. The molecule has 0 aliphatic heterocycles. The topological polar surface area (TPSA) is 4.93 Å². The monoisotopic (exact) mass is 269 g/mol. The maximum Gasteiger partial charge on any atom is 0.416 e. The van der Waals surface area contributed by atoms with Crippen molar-refractivity contribution < 1.29 is 21.4 Å². The van der Waals surface area contributed by atoms with E-state index in [2.05, 4.69) is 0 Å². The molecule has 0 amide bonds. The van der Waals surface area contributed by atoms with Crippen LogP contribution in [0.1, 0.15) is 19.4 Å². The molecule has 0 spiro atoms.